The van der Waals surface area contributed by atoms with Gasteiger partial charge in [-0.25, -0.2) is 4.68 Å². The molecule has 8 nitrogen and oxygen atoms in total. The number of benzene rings is 2. The Morgan fingerprint density at radius 3 is 2.50 bits per heavy atom. The number of fused-ring (bicyclic) bond motifs is 1. The molecule has 1 aromatic heterocycles. The highest BCUT2D eigenvalue weighted by Gasteiger charge is 2.47. The quantitative estimate of drug-likeness (QED) is 0.560. The molecule has 1 aliphatic rings. The Morgan fingerprint density at radius 2 is 1.88 bits per heavy atom. The first kappa shape index (κ1) is 23.0. The van der Waals surface area contributed by atoms with Crippen LogP contribution in [0.25, 0.3) is 0 Å². The number of hydrogen-bond acceptors (Lipinski definition) is 6. The summed E-state index contributed by atoms with van der Waals surface area (Å²) in [6.07, 6.45) is -3.81. The van der Waals surface area contributed by atoms with Crippen molar-refractivity contribution in [1.82, 2.24) is 9.78 Å². The van der Waals surface area contributed by atoms with Crippen LogP contribution in [0.5, 0.6) is 11.5 Å². The molecule has 0 saturated carbocycles. The molecule has 0 fully saturated rings. The summed E-state index contributed by atoms with van der Waals surface area (Å²) < 4.78 is 53.1. The lowest BCUT2D eigenvalue weighted by atomic mass is 9.96. The summed E-state index contributed by atoms with van der Waals surface area (Å²) in [5.41, 5.74) is 1.30. The van der Waals surface area contributed by atoms with Crippen LogP contribution >= 0.6 is 0 Å². The number of nitrogens with one attached hydrogen (secondary N) is 2. The first-order valence-electron chi connectivity index (χ1n) is 10.2. The first-order valence-corrected chi connectivity index (χ1v) is 10.2. The lowest BCUT2D eigenvalue weighted by Gasteiger charge is -2.34. The average molecular weight is 471 g/mol. The van der Waals surface area contributed by atoms with Crippen molar-refractivity contribution in [2.45, 2.75) is 24.7 Å². The Morgan fingerprint density at radius 1 is 1.18 bits per heavy atom. The van der Waals surface area contributed by atoms with Gasteiger partial charge in [-0.1, -0.05) is 6.07 Å². The van der Waals surface area contributed by atoms with Crippen molar-refractivity contribution in [3.63, 3.8) is 0 Å². The van der Waals surface area contributed by atoms with Crippen molar-refractivity contribution < 1.29 is 27.4 Å². The zero-order chi connectivity index (χ0) is 24.5. The number of alkyl halides is 3. The SMILES string of the molecule is COc1ccc([C@H]2C[C@@H](C(F)(F)F)n3ncc(C(=O)Nc4ccc(C#N)cc4)c3N2)cc1OC. The van der Waals surface area contributed by atoms with Crippen LogP contribution in [0.4, 0.5) is 24.7 Å². The van der Waals surface area contributed by atoms with Crippen molar-refractivity contribution >= 4 is 17.4 Å². The largest absolute Gasteiger partial charge is 0.493 e. The van der Waals surface area contributed by atoms with E-state index in [1.165, 1.54) is 38.5 Å². The maximum absolute atomic E-state index is 13.9. The molecule has 1 aliphatic heterocycles. The molecule has 0 spiro atoms. The summed E-state index contributed by atoms with van der Waals surface area (Å²) in [7, 11) is 2.91. The van der Waals surface area contributed by atoms with E-state index in [0.29, 0.717) is 28.3 Å². The van der Waals surface area contributed by atoms with Gasteiger partial charge in [-0.3, -0.25) is 4.79 Å². The molecule has 3 aromatic rings. The fraction of sp³-hybridized carbons (Fsp3) is 0.261. The zero-order valence-corrected chi connectivity index (χ0v) is 18.2. The van der Waals surface area contributed by atoms with Gasteiger partial charge in [-0.05, 0) is 42.0 Å². The molecule has 1 amide bonds. The number of methoxy groups -OCH3 is 2. The van der Waals surface area contributed by atoms with Gasteiger partial charge in [0.25, 0.3) is 5.91 Å². The Labute approximate surface area is 192 Å². The molecular formula is C23H20F3N5O3. The highest BCUT2D eigenvalue weighted by molar-refractivity contribution is 6.07. The molecule has 2 aromatic carbocycles. The Bertz CT molecular complexity index is 1250. The predicted octanol–water partition coefficient (Wildman–Crippen LogP) is 4.68. The zero-order valence-electron chi connectivity index (χ0n) is 18.2. The summed E-state index contributed by atoms with van der Waals surface area (Å²) in [6.45, 7) is 0. The van der Waals surface area contributed by atoms with Crippen LogP contribution in [0.3, 0.4) is 0 Å². The summed E-state index contributed by atoms with van der Waals surface area (Å²) in [5.74, 6) is 0.150. The number of rotatable bonds is 5. The Balaban J connectivity index is 1.68. The number of amides is 1. The van der Waals surface area contributed by atoms with E-state index in [4.69, 9.17) is 14.7 Å². The van der Waals surface area contributed by atoms with E-state index in [-0.39, 0.29) is 17.8 Å². The molecule has 11 heteroatoms. The summed E-state index contributed by atoms with van der Waals surface area (Å²) in [6, 6.07) is 10.2. The fourth-order valence-corrected chi connectivity index (χ4v) is 3.84. The highest BCUT2D eigenvalue weighted by atomic mass is 19.4. The summed E-state index contributed by atoms with van der Waals surface area (Å²) in [4.78, 5) is 12.9. The number of aromatic nitrogens is 2. The normalized spacial score (nSPS) is 17.2. The molecule has 0 saturated heterocycles. The van der Waals surface area contributed by atoms with Crippen molar-refractivity contribution in [2.24, 2.45) is 0 Å². The molecule has 0 radical (unpaired) electrons. The van der Waals surface area contributed by atoms with Gasteiger partial charge in [0, 0.05) is 12.1 Å². The third-order valence-electron chi connectivity index (χ3n) is 5.56. The number of anilines is 2. The van der Waals surface area contributed by atoms with E-state index >= 15 is 0 Å². The molecule has 2 heterocycles. The predicted molar refractivity (Wildman–Crippen MR) is 117 cm³/mol. The first-order chi connectivity index (χ1) is 16.2. The summed E-state index contributed by atoms with van der Waals surface area (Å²) in [5, 5.41) is 18.4. The highest BCUT2D eigenvalue weighted by Crippen LogP contribution is 2.45. The maximum atomic E-state index is 13.9. The lowest BCUT2D eigenvalue weighted by Crippen LogP contribution is -2.36. The molecule has 4 rings (SSSR count). The molecular weight excluding hydrogens is 451 g/mol. The van der Waals surface area contributed by atoms with Gasteiger partial charge in [0.05, 0.1) is 38.1 Å². The van der Waals surface area contributed by atoms with Gasteiger partial charge >= 0.3 is 6.18 Å². The van der Waals surface area contributed by atoms with Gasteiger partial charge in [0.15, 0.2) is 17.5 Å². The third kappa shape index (κ3) is 4.34. The number of ether oxygens (including phenoxy) is 2. The molecule has 0 unspecified atom stereocenters. The number of carbonyl (C=O) groups excluding carboxylic acids is 1. The van der Waals surface area contributed by atoms with Crippen LogP contribution in [0.2, 0.25) is 0 Å². The van der Waals surface area contributed by atoms with Crippen molar-refractivity contribution in [3.05, 3.63) is 65.4 Å². The van der Waals surface area contributed by atoms with Crippen LogP contribution in [0, 0.1) is 11.3 Å². The maximum Gasteiger partial charge on any atom is 0.410 e. The number of halogens is 3. The van der Waals surface area contributed by atoms with Crippen LogP contribution in [-0.2, 0) is 0 Å². The second-order valence-electron chi connectivity index (χ2n) is 7.60. The number of nitrogens with zero attached hydrogens (tertiary/aromatic N) is 3. The summed E-state index contributed by atoms with van der Waals surface area (Å²) >= 11 is 0. The van der Waals surface area contributed by atoms with Crippen molar-refractivity contribution in [1.29, 1.82) is 5.26 Å². The minimum atomic E-state index is -4.58. The standard InChI is InChI=1S/C23H20F3N5O3/c1-33-18-8-5-14(9-19(18)34-2)17-10-20(23(24,25)26)31-21(30-17)16(12-28-31)22(32)29-15-6-3-13(11-27)4-7-15/h3-9,12,17,20,30H,10H2,1-2H3,(H,29,32)/t17-,20+/m1/s1. The number of hydrogen-bond donors (Lipinski definition) is 2. The van der Waals surface area contributed by atoms with Crippen LogP contribution in [-0.4, -0.2) is 36.1 Å². The van der Waals surface area contributed by atoms with E-state index in [9.17, 15) is 18.0 Å². The van der Waals surface area contributed by atoms with E-state index in [1.54, 1.807) is 18.2 Å². The topological polar surface area (TPSA) is 101 Å². The number of nitriles is 1. The van der Waals surface area contributed by atoms with E-state index in [1.807, 2.05) is 6.07 Å². The van der Waals surface area contributed by atoms with Crippen LogP contribution < -0.4 is 20.1 Å². The van der Waals surface area contributed by atoms with E-state index in [0.717, 1.165) is 10.9 Å². The van der Waals surface area contributed by atoms with Crippen LogP contribution in [0.1, 0.15) is 40.0 Å². The monoisotopic (exact) mass is 471 g/mol. The van der Waals surface area contributed by atoms with Gasteiger partial charge in [0.2, 0.25) is 0 Å². The van der Waals surface area contributed by atoms with E-state index in [2.05, 4.69) is 15.7 Å². The van der Waals surface area contributed by atoms with E-state index < -0.39 is 24.2 Å². The Kier molecular flexibility index (Phi) is 6.06. The van der Waals surface area contributed by atoms with Crippen molar-refractivity contribution in [3.8, 4) is 17.6 Å². The van der Waals surface area contributed by atoms with Gasteiger partial charge in [-0.2, -0.15) is 23.5 Å². The van der Waals surface area contributed by atoms with Crippen molar-refractivity contribution in [2.75, 3.05) is 24.9 Å². The fourth-order valence-electron chi connectivity index (χ4n) is 3.84. The molecule has 176 valence electrons. The molecule has 0 bridgehead atoms. The minimum Gasteiger partial charge on any atom is -0.493 e. The molecule has 34 heavy (non-hydrogen) atoms. The smallest absolute Gasteiger partial charge is 0.410 e. The van der Waals surface area contributed by atoms with Gasteiger partial charge < -0.3 is 20.1 Å². The Hall–Kier alpha value is -4.20. The number of carbonyl (C=O) groups is 1. The molecule has 0 aliphatic carbocycles. The van der Waals surface area contributed by atoms with Gasteiger partial charge in [-0.15, -0.1) is 0 Å². The molecule has 2 atom stereocenters. The minimum absolute atomic E-state index is 0.0382. The van der Waals surface area contributed by atoms with Crippen LogP contribution in [0.15, 0.2) is 48.7 Å². The lowest BCUT2D eigenvalue weighted by molar-refractivity contribution is -0.173. The second-order valence-corrected chi connectivity index (χ2v) is 7.60. The third-order valence-corrected chi connectivity index (χ3v) is 5.56. The average Bonchev–Trinajstić information content (AvgIpc) is 3.27. The second kappa shape index (κ2) is 8.97. The molecule has 2 N–H and O–H groups in total. The van der Waals surface area contributed by atoms with Gasteiger partial charge in [0.1, 0.15) is 11.4 Å².